The third kappa shape index (κ3) is 3.98. The summed E-state index contributed by atoms with van der Waals surface area (Å²) in [6.07, 6.45) is 0. The topological polar surface area (TPSA) is 87.0 Å². The highest BCUT2D eigenvalue weighted by Crippen LogP contribution is 2.28. The number of aromatic nitrogens is 4. The van der Waals surface area contributed by atoms with Gasteiger partial charge in [-0.1, -0.05) is 37.7 Å². The van der Waals surface area contributed by atoms with Gasteiger partial charge in [0.25, 0.3) is 11.4 Å². The summed E-state index contributed by atoms with van der Waals surface area (Å²) in [6, 6.07) is 9.29. The SMILES string of the molecule is Cc1cc(-c2nnc(CSc3nc4ccccc4c(=O)n3CC(C)C)o2)c(C)o1. The highest BCUT2D eigenvalue weighted by Gasteiger charge is 2.17. The minimum atomic E-state index is -0.0254. The lowest BCUT2D eigenvalue weighted by Crippen LogP contribution is -2.25. The van der Waals surface area contributed by atoms with Crippen LogP contribution in [-0.2, 0) is 12.3 Å². The van der Waals surface area contributed by atoms with Crippen LogP contribution in [0, 0.1) is 19.8 Å². The second-order valence-corrected chi connectivity index (χ2v) is 8.28. The van der Waals surface area contributed by atoms with Gasteiger partial charge in [-0.2, -0.15) is 0 Å². The average Bonchev–Trinajstić information content (AvgIpc) is 3.28. The number of thioether (sulfide) groups is 1. The fourth-order valence-electron chi connectivity index (χ4n) is 3.17. The van der Waals surface area contributed by atoms with Gasteiger partial charge in [-0.25, -0.2) is 4.98 Å². The Labute approximate surface area is 172 Å². The number of furan rings is 1. The molecule has 7 nitrogen and oxygen atoms in total. The summed E-state index contributed by atoms with van der Waals surface area (Å²) in [5.74, 6) is 3.18. The lowest BCUT2D eigenvalue weighted by atomic mass is 10.2. The van der Waals surface area contributed by atoms with E-state index >= 15 is 0 Å². The van der Waals surface area contributed by atoms with Crippen molar-refractivity contribution >= 4 is 22.7 Å². The van der Waals surface area contributed by atoms with Crippen LogP contribution < -0.4 is 5.56 Å². The number of rotatable bonds is 6. The van der Waals surface area contributed by atoms with Crippen LogP contribution in [0.5, 0.6) is 0 Å². The molecule has 0 unspecified atom stereocenters. The smallest absolute Gasteiger partial charge is 0.262 e. The van der Waals surface area contributed by atoms with E-state index in [0.29, 0.717) is 46.1 Å². The van der Waals surface area contributed by atoms with Gasteiger partial charge in [0, 0.05) is 6.54 Å². The molecule has 0 atom stereocenters. The summed E-state index contributed by atoms with van der Waals surface area (Å²) in [6.45, 7) is 8.50. The predicted octanol–water partition coefficient (Wildman–Crippen LogP) is 4.60. The first-order chi connectivity index (χ1) is 13.9. The van der Waals surface area contributed by atoms with Crippen LogP contribution in [-0.4, -0.2) is 19.7 Å². The van der Waals surface area contributed by atoms with Crippen molar-refractivity contribution in [1.82, 2.24) is 19.7 Å². The number of hydrogen-bond donors (Lipinski definition) is 0. The molecule has 1 aromatic carbocycles. The van der Waals surface area contributed by atoms with Crippen LogP contribution in [0.2, 0.25) is 0 Å². The number of para-hydroxylation sites is 1. The summed E-state index contributed by atoms with van der Waals surface area (Å²) in [5, 5.41) is 9.55. The largest absolute Gasteiger partial charge is 0.466 e. The van der Waals surface area contributed by atoms with E-state index < -0.39 is 0 Å². The van der Waals surface area contributed by atoms with Gasteiger partial charge in [0.05, 0.1) is 22.2 Å². The summed E-state index contributed by atoms with van der Waals surface area (Å²) in [7, 11) is 0. The van der Waals surface area contributed by atoms with Gasteiger partial charge >= 0.3 is 0 Å². The molecular formula is C21H22N4O3S. The van der Waals surface area contributed by atoms with E-state index in [1.54, 1.807) is 4.57 Å². The van der Waals surface area contributed by atoms with E-state index in [-0.39, 0.29) is 5.56 Å². The molecule has 0 aliphatic rings. The first-order valence-corrected chi connectivity index (χ1v) is 10.4. The third-order valence-electron chi connectivity index (χ3n) is 4.44. The van der Waals surface area contributed by atoms with E-state index in [0.717, 1.165) is 17.1 Å². The zero-order valence-electron chi connectivity index (χ0n) is 16.8. The van der Waals surface area contributed by atoms with Gasteiger partial charge in [-0.15, -0.1) is 10.2 Å². The Kier molecular flexibility index (Phi) is 5.27. The zero-order valence-corrected chi connectivity index (χ0v) is 17.6. The molecule has 0 aliphatic carbocycles. The first kappa shape index (κ1) is 19.4. The fourth-order valence-corrected chi connectivity index (χ4v) is 4.02. The molecule has 0 saturated carbocycles. The minimum absolute atomic E-state index is 0.0254. The van der Waals surface area contributed by atoms with Gasteiger partial charge in [-0.05, 0) is 38.0 Å². The van der Waals surface area contributed by atoms with Gasteiger partial charge in [-0.3, -0.25) is 9.36 Å². The van der Waals surface area contributed by atoms with E-state index in [2.05, 4.69) is 24.0 Å². The van der Waals surface area contributed by atoms with Crippen LogP contribution in [0.1, 0.15) is 31.3 Å². The summed E-state index contributed by atoms with van der Waals surface area (Å²) >= 11 is 1.42. The first-order valence-electron chi connectivity index (χ1n) is 9.44. The zero-order chi connectivity index (χ0) is 20.5. The number of benzene rings is 1. The Morgan fingerprint density at radius 2 is 1.93 bits per heavy atom. The molecule has 3 heterocycles. The molecule has 0 N–H and O–H groups in total. The molecule has 29 heavy (non-hydrogen) atoms. The molecule has 4 rings (SSSR count). The highest BCUT2D eigenvalue weighted by atomic mass is 32.2. The van der Waals surface area contributed by atoms with Crippen molar-refractivity contribution in [3.63, 3.8) is 0 Å². The Morgan fingerprint density at radius 1 is 1.14 bits per heavy atom. The van der Waals surface area contributed by atoms with Crippen LogP contribution in [0.3, 0.4) is 0 Å². The number of aryl methyl sites for hydroxylation is 2. The van der Waals surface area contributed by atoms with Gasteiger partial charge in [0.1, 0.15) is 11.5 Å². The maximum absolute atomic E-state index is 13.0. The van der Waals surface area contributed by atoms with Gasteiger partial charge in [0.2, 0.25) is 5.89 Å². The fraction of sp³-hybridized carbons (Fsp3) is 0.333. The molecule has 0 fully saturated rings. The third-order valence-corrected chi connectivity index (χ3v) is 5.40. The molecular weight excluding hydrogens is 388 g/mol. The Balaban J connectivity index is 1.63. The Morgan fingerprint density at radius 3 is 2.66 bits per heavy atom. The maximum Gasteiger partial charge on any atom is 0.262 e. The quantitative estimate of drug-likeness (QED) is 0.339. The van der Waals surface area contributed by atoms with Gasteiger partial charge < -0.3 is 8.83 Å². The second-order valence-electron chi connectivity index (χ2n) is 7.34. The molecule has 3 aromatic heterocycles. The second kappa shape index (κ2) is 7.87. The molecule has 0 spiro atoms. The van der Waals surface area contributed by atoms with E-state index in [1.807, 2.05) is 44.2 Å². The molecule has 0 saturated heterocycles. The van der Waals surface area contributed by atoms with Crippen LogP contribution >= 0.6 is 11.8 Å². The maximum atomic E-state index is 13.0. The number of hydrogen-bond acceptors (Lipinski definition) is 7. The van der Waals surface area contributed by atoms with E-state index in [1.165, 1.54) is 11.8 Å². The number of fused-ring (bicyclic) bond motifs is 1. The van der Waals surface area contributed by atoms with Crippen LogP contribution in [0.15, 0.2) is 49.1 Å². The lowest BCUT2D eigenvalue weighted by Gasteiger charge is -2.14. The molecule has 0 aliphatic heterocycles. The van der Waals surface area contributed by atoms with Crippen LogP contribution in [0.25, 0.3) is 22.4 Å². The van der Waals surface area contributed by atoms with Crippen molar-refractivity contribution < 1.29 is 8.83 Å². The Bertz CT molecular complexity index is 1220. The van der Waals surface area contributed by atoms with E-state index in [4.69, 9.17) is 13.8 Å². The lowest BCUT2D eigenvalue weighted by molar-refractivity contribution is 0.474. The predicted molar refractivity (Wildman–Crippen MR) is 112 cm³/mol. The molecule has 4 aromatic rings. The minimum Gasteiger partial charge on any atom is -0.466 e. The highest BCUT2D eigenvalue weighted by molar-refractivity contribution is 7.98. The van der Waals surface area contributed by atoms with Crippen molar-refractivity contribution in [2.24, 2.45) is 5.92 Å². The summed E-state index contributed by atoms with van der Waals surface area (Å²) in [4.78, 5) is 17.7. The normalized spacial score (nSPS) is 11.6. The van der Waals surface area contributed by atoms with Crippen molar-refractivity contribution in [3.05, 3.63) is 58.1 Å². The molecule has 8 heteroatoms. The van der Waals surface area contributed by atoms with Crippen LogP contribution in [0.4, 0.5) is 0 Å². The monoisotopic (exact) mass is 410 g/mol. The standard InChI is InChI=1S/C21H22N4O3S/c1-12(2)10-25-20(26)15-7-5-6-8-17(15)22-21(25)29-11-18-23-24-19(28-18)16-9-13(3)27-14(16)4/h5-9,12H,10-11H2,1-4H3. The van der Waals surface area contributed by atoms with Crippen molar-refractivity contribution in [2.45, 2.75) is 45.1 Å². The van der Waals surface area contributed by atoms with Crippen molar-refractivity contribution in [1.29, 1.82) is 0 Å². The summed E-state index contributed by atoms with van der Waals surface area (Å²) < 4.78 is 13.1. The van der Waals surface area contributed by atoms with E-state index in [9.17, 15) is 4.79 Å². The summed E-state index contributed by atoms with van der Waals surface area (Å²) in [5.41, 5.74) is 1.46. The number of nitrogens with zero attached hydrogens (tertiary/aromatic N) is 4. The molecule has 0 bridgehead atoms. The molecule has 0 amide bonds. The molecule has 150 valence electrons. The van der Waals surface area contributed by atoms with Gasteiger partial charge in [0.15, 0.2) is 5.16 Å². The van der Waals surface area contributed by atoms with Crippen molar-refractivity contribution in [2.75, 3.05) is 0 Å². The van der Waals surface area contributed by atoms with Crippen molar-refractivity contribution in [3.8, 4) is 11.5 Å². The average molecular weight is 410 g/mol. The molecule has 0 radical (unpaired) electrons. The Hall–Kier alpha value is -2.87.